The minimum atomic E-state index is -0.381. The highest BCUT2D eigenvalue weighted by Crippen LogP contribution is 2.27. The van der Waals surface area contributed by atoms with Crippen molar-refractivity contribution < 1.29 is 13.9 Å². The first-order chi connectivity index (χ1) is 7.72. The largest absolute Gasteiger partial charge is 0.463 e. The summed E-state index contributed by atoms with van der Waals surface area (Å²) >= 11 is 1.31. The molecule has 0 atom stereocenters. The molecule has 0 radical (unpaired) electrons. The Labute approximate surface area is 96.9 Å². The van der Waals surface area contributed by atoms with Gasteiger partial charge in [0.15, 0.2) is 5.76 Å². The minimum Gasteiger partial charge on any atom is -0.463 e. The Morgan fingerprint density at radius 1 is 1.62 bits per heavy atom. The molecule has 0 unspecified atom stereocenters. The molecule has 0 amide bonds. The van der Waals surface area contributed by atoms with E-state index in [4.69, 9.17) is 9.15 Å². The van der Waals surface area contributed by atoms with Gasteiger partial charge in [-0.1, -0.05) is 0 Å². The summed E-state index contributed by atoms with van der Waals surface area (Å²) in [5, 5.41) is 0.366. The second-order valence-corrected chi connectivity index (χ2v) is 4.32. The van der Waals surface area contributed by atoms with Crippen molar-refractivity contribution in [3.63, 3.8) is 0 Å². The predicted molar refractivity (Wildman–Crippen MR) is 60.5 cm³/mol. The number of aromatic nitrogens is 1. The summed E-state index contributed by atoms with van der Waals surface area (Å²) in [7, 11) is 0. The van der Waals surface area contributed by atoms with E-state index in [0.29, 0.717) is 23.1 Å². The second-order valence-electron chi connectivity index (χ2n) is 3.12. The SMILES string of the molecule is CCOC(=O)c1nc(-c2ccco2)c(C)s1. The third-order valence-electron chi connectivity index (χ3n) is 2.00. The van der Waals surface area contributed by atoms with Crippen molar-refractivity contribution in [3.8, 4) is 11.5 Å². The molecule has 2 aromatic heterocycles. The highest BCUT2D eigenvalue weighted by Gasteiger charge is 2.17. The van der Waals surface area contributed by atoms with E-state index in [9.17, 15) is 4.79 Å². The highest BCUT2D eigenvalue weighted by atomic mass is 32.1. The Balaban J connectivity index is 2.32. The Morgan fingerprint density at radius 2 is 2.44 bits per heavy atom. The zero-order valence-electron chi connectivity index (χ0n) is 9.02. The number of aryl methyl sites for hydroxylation is 1. The number of esters is 1. The fourth-order valence-electron chi connectivity index (χ4n) is 1.32. The number of ether oxygens (including phenoxy) is 1. The smallest absolute Gasteiger partial charge is 0.367 e. The van der Waals surface area contributed by atoms with Crippen molar-refractivity contribution in [3.05, 3.63) is 28.3 Å². The molecule has 0 spiro atoms. The molecule has 2 heterocycles. The number of hydrogen-bond donors (Lipinski definition) is 0. The van der Waals surface area contributed by atoms with Gasteiger partial charge >= 0.3 is 5.97 Å². The molecule has 0 aliphatic carbocycles. The summed E-state index contributed by atoms with van der Waals surface area (Å²) < 4.78 is 10.1. The van der Waals surface area contributed by atoms with E-state index < -0.39 is 0 Å². The molecule has 4 nitrogen and oxygen atoms in total. The quantitative estimate of drug-likeness (QED) is 0.770. The fourth-order valence-corrected chi connectivity index (χ4v) is 2.13. The normalized spacial score (nSPS) is 10.4. The number of rotatable bonds is 3. The van der Waals surface area contributed by atoms with Crippen LogP contribution in [0.15, 0.2) is 22.8 Å². The van der Waals surface area contributed by atoms with Crippen molar-refractivity contribution in [1.29, 1.82) is 0 Å². The van der Waals surface area contributed by atoms with E-state index in [0.717, 1.165) is 4.88 Å². The van der Waals surface area contributed by atoms with Crippen LogP contribution in [0.5, 0.6) is 0 Å². The Hall–Kier alpha value is -1.62. The van der Waals surface area contributed by atoms with Crippen molar-refractivity contribution >= 4 is 17.3 Å². The lowest BCUT2D eigenvalue weighted by Gasteiger charge is -1.95. The van der Waals surface area contributed by atoms with Crippen LogP contribution in [0.1, 0.15) is 21.6 Å². The maximum atomic E-state index is 11.5. The van der Waals surface area contributed by atoms with Crippen LogP contribution in [0.25, 0.3) is 11.5 Å². The van der Waals surface area contributed by atoms with Crippen molar-refractivity contribution in [2.45, 2.75) is 13.8 Å². The van der Waals surface area contributed by atoms with Crippen molar-refractivity contribution in [2.24, 2.45) is 0 Å². The summed E-state index contributed by atoms with van der Waals surface area (Å²) in [5.74, 6) is 0.290. The first kappa shape index (κ1) is 10.9. The van der Waals surface area contributed by atoms with Gasteiger partial charge in [0.2, 0.25) is 5.01 Å². The molecule has 5 heteroatoms. The van der Waals surface area contributed by atoms with Gasteiger partial charge in [-0.05, 0) is 26.0 Å². The number of hydrogen-bond acceptors (Lipinski definition) is 5. The number of carbonyl (C=O) groups is 1. The van der Waals surface area contributed by atoms with Crippen LogP contribution in [0, 0.1) is 6.92 Å². The molecule has 0 bridgehead atoms. The molecule has 2 aromatic rings. The Morgan fingerprint density at radius 3 is 3.06 bits per heavy atom. The van der Waals surface area contributed by atoms with Crippen LogP contribution in [0.3, 0.4) is 0 Å². The fraction of sp³-hybridized carbons (Fsp3) is 0.273. The Kier molecular flexibility index (Phi) is 3.05. The number of furan rings is 1. The third kappa shape index (κ3) is 1.99. The summed E-state index contributed by atoms with van der Waals surface area (Å²) in [6.07, 6.45) is 1.58. The summed E-state index contributed by atoms with van der Waals surface area (Å²) in [4.78, 5) is 16.6. The van der Waals surface area contributed by atoms with Gasteiger partial charge in [-0.25, -0.2) is 9.78 Å². The summed E-state index contributed by atoms with van der Waals surface area (Å²) in [6, 6.07) is 3.61. The minimum absolute atomic E-state index is 0.355. The molecule has 0 aromatic carbocycles. The first-order valence-corrected chi connectivity index (χ1v) is 5.72. The number of nitrogens with zero attached hydrogens (tertiary/aromatic N) is 1. The third-order valence-corrected chi connectivity index (χ3v) is 2.95. The Bertz CT molecular complexity index is 487. The van der Waals surface area contributed by atoms with Gasteiger partial charge in [-0.2, -0.15) is 0 Å². The van der Waals surface area contributed by atoms with Crippen LogP contribution < -0.4 is 0 Å². The molecule has 0 saturated heterocycles. The summed E-state index contributed by atoms with van der Waals surface area (Å²) in [5.41, 5.74) is 0.707. The molecule has 0 saturated carbocycles. The van der Waals surface area contributed by atoms with E-state index in [1.165, 1.54) is 11.3 Å². The van der Waals surface area contributed by atoms with Crippen LogP contribution in [-0.4, -0.2) is 17.6 Å². The van der Waals surface area contributed by atoms with Crippen LogP contribution >= 0.6 is 11.3 Å². The first-order valence-electron chi connectivity index (χ1n) is 4.90. The maximum absolute atomic E-state index is 11.5. The molecule has 84 valence electrons. The van der Waals surface area contributed by atoms with Gasteiger partial charge in [0, 0.05) is 4.88 Å². The van der Waals surface area contributed by atoms with Crippen LogP contribution in [-0.2, 0) is 4.74 Å². The molecule has 2 rings (SSSR count). The van der Waals surface area contributed by atoms with Gasteiger partial charge in [0.25, 0.3) is 0 Å². The van der Waals surface area contributed by atoms with Gasteiger partial charge in [-0.15, -0.1) is 11.3 Å². The predicted octanol–water partition coefficient (Wildman–Crippen LogP) is 2.89. The van der Waals surface area contributed by atoms with E-state index in [2.05, 4.69) is 4.98 Å². The standard InChI is InChI=1S/C11H11NO3S/c1-3-14-11(13)10-12-9(7(2)16-10)8-5-4-6-15-8/h4-6H,3H2,1-2H3. The van der Waals surface area contributed by atoms with Gasteiger partial charge in [-0.3, -0.25) is 0 Å². The zero-order chi connectivity index (χ0) is 11.5. The van der Waals surface area contributed by atoms with Crippen LogP contribution in [0.2, 0.25) is 0 Å². The van der Waals surface area contributed by atoms with Gasteiger partial charge < -0.3 is 9.15 Å². The van der Waals surface area contributed by atoms with E-state index >= 15 is 0 Å². The molecule has 0 fully saturated rings. The van der Waals surface area contributed by atoms with Crippen molar-refractivity contribution in [1.82, 2.24) is 4.98 Å². The molecule has 0 aliphatic heterocycles. The second kappa shape index (κ2) is 4.49. The summed E-state index contributed by atoms with van der Waals surface area (Å²) in [6.45, 7) is 4.03. The lowest BCUT2D eigenvalue weighted by atomic mass is 10.3. The maximum Gasteiger partial charge on any atom is 0.367 e. The van der Waals surface area contributed by atoms with E-state index in [1.807, 2.05) is 13.0 Å². The topological polar surface area (TPSA) is 52.3 Å². The molecular formula is C11H11NO3S. The zero-order valence-corrected chi connectivity index (χ0v) is 9.84. The monoisotopic (exact) mass is 237 g/mol. The molecule has 0 N–H and O–H groups in total. The average Bonchev–Trinajstić information content (AvgIpc) is 2.86. The van der Waals surface area contributed by atoms with Gasteiger partial charge in [0.1, 0.15) is 5.69 Å². The molecule has 16 heavy (non-hydrogen) atoms. The van der Waals surface area contributed by atoms with E-state index in [-0.39, 0.29) is 5.97 Å². The highest BCUT2D eigenvalue weighted by molar-refractivity contribution is 7.13. The lowest BCUT2D eigenvalue weighted by Crippen LogP contribution is -2.03. The lowest BCUT2D eigenvalue weighted by molar-refractivity contribution is 0.0526. The van der Waals surface area contributed by atoms with Crippen molar-refractivity contribution in [2.75, 3.05) is 6.61 Å². The molecule has 0 aliphatic rings. The van der Waals surface area contributed by atoms with Crippen LogP contribution in [0.4, 0.5) is 0 Å². The van der Waals surface area contributed by atoms with Gasteiger partial charge in [0.05, 0.1) is 12.9 Å². The number of carbonyl (C=O) groups excluding carboxylic acids is 1. The number of thiazole rings is 1. The molecular weight excluding hydrogens is 226 g/mol. The van der Waals surface area contributed by atoms with E-state index in [1.54, 1.807) is 19.3 Å². The average molecular weight is 237 g/mol.